The van der Waals surface area contributed by atoms with Crippen LogP contribution in [0.25, 0.3) is 0 Å². The first-order valence-electron chi connectivity index (χ1n) is 5.76. The Morgan fingerprint density at radius 1 is 1.24 bits per heavy atom. The number of carbonyl (C=O) groups is 1. The number of hydrogen-bond acceptors (Lipinski definition) is 4. The maximum Gasteiger partial charge on any atom is 0.236 e. The zero-order chi connectivity index (χ0) is 11.6. The highest BCUT2D eigenvalue weighted by molar-refractivity contribution is 7.91. The molecule has 2 fully saturated rings. The Bertz CT molecular complexity index is 354. The molecular weight excluding hydrogens is 264 g/mol. The average molecular weight is 283 g/mol. The van der Waals surface area contributed by atoms with Gasteiger partial charge in [-0.15, -0.1) is 12.4 Å². The number of nitrogens with zero attached hydrogens (tertiary/aromatic N) is 1. The Labute approximate surface area is 108 Å². The monoisotopic (exact) mass is 282 g/mol. The van der Waals surface area contributed by atoms with Crippen LogP contribution in [0, 0.1) is 5.92 Å². The molecule has 0 aromatic carbocycles. The van der Waals surface area contributed by atoms with Gasteiger partial charge in [-0.1, -0.05) is 0 Å². The summed E-state index contributed by atoms with van der Waals surface area (Å²) in [4.78, 5) is 13.3. The molecule has 1 amide bonds. The van der Waals surface area contributed by atoms with E-state index in [1.807, 2.05) is 0 Å². The maximum absolute atomic E-state index is 11.7. The predicted molar refractivity (Wildman–Crippen MR) is 68.1 cm³/mol. The van der Waals surface area contributed by atoms with E-state index in [0.717, 1.165) is 12.5 Å². The van der Waals surface area contributed by atoms with Crippen molar-refractivity contribution in [1.82, 2.24) is 10.2 Å². The van der Waals surface area contributed by atoms with Crippen LogP contribution in [0.3, 0.4) is 0 Å². The van der Waals surface area contributed by atoms with Crippen LogP contribution in [0.4, 0.5) is 0 Å². The van der Waals surface area contributed by atoms with Gasteiger partial charge in [-0.25, -0.2) is 8.42 Å². The second kappa shape index (κ2) is 6.02. The van der Waals surface area contributed by atoms with Gasteiger partial charge >= 0.3 is 0 Å². The van der Waals surface area contributed by atoms with Crippen molar-refractivity contribution in [3.05, 3.63) is 0 Å². The zero-order valence-corrected chi connectivity index (χ0v) is 11.4. The fraction of sp³-hybridized carbons (Fsp3) is 0.900. The number of halogens is 1. The van der Waals surface area contributed by atoms with Gasteiger partial charge in [-0.3, -0.25) is 4.79 Å². The summed E-state index contributed by atoms with van der Waals surface area (Å²) in [7, 11) is -2.89. The highest BCUT2D eigenvalue weighted by Gasteiger charge is 2.25. The van der Waals surface area contributed by atoms with E-state index in [9.17, 15) is 13.2 Å². The van der Waals surface area contributed by atoms with Crippen molar-refractivity contribution < 1.29 is 13.2 Å². The van der Waals surface area contributed by atoms with Crippen molar-refractivity contribution in [3.8, 4) is 0 Å². The Morgan fingerprint density at radius 3 is 2.35 bits per heavy atom. The fourth-order valence-electron chi connectivity index (χ4n) is 1.78. The minimum absolute atomic E-state index is 0. The van der Waals surface area contributed by atoms with Crippen LogP contribution in [0.1, 0.15) is 12.8 Å². The van der Waals surface area contributed by atoms with Crippen LogP contribution in [0.15, 0.2) is 0 Å². The minimum atomic E-state index is -2.89. The van der Waals surface area contributed by atoms with Gasteiger partial charge in [-0.2, -0.15) is 0 Å². The lowest BCUT2D eigenvalue weighted by atomic mass is 10.4. The van der Waals surface area contributed by atoms with E-state index in [4.69, 9.17) is 0 Å². The first-order chi connectivity index (χ1) is 7.57. The van der Waals surface area contributed by atoms with Gasteiger partial charge in [0.15, 0.2) is 9.84 Å². The third-order valence-electron chi connectivity index (χ3n) is 3.10. The molecule has 5 nitrogen and oxygen atoms in total. The van der Waals surface area contributed by atoms with E-state index < -0.39 is 9.84 Å². The normalized spacial score (nSPS) is 22.9. The Hall–Kier alpha value is -0.330. The molecule has 1 aliphatic heterocycles. The molecule has 1 saturated carbocycles. The van der Waals surface area contributed by atoms with Gasteiger partial charge in [0.25, 0.3) is 0 Å². The molecule has 0 radical (unpaired) electrons. The lowest BCUT2D eigenvalue weighted by Crippen LogP contribution is -2.47. The summed E-state index contributed by atoms with van der Waals surface area (Å²) in [6.45, 7) is 1.97. The molecule has 1 heterocycles. The second-order valence-corrected chi connectivity index (χ2v) is 6.91. The molecule has 0 bridgehead atoms. The van der Waals surface area contributed by atoms with Crippen molar-refractivity contribution in [2.24, 2.45) is 5.92 Å². The van der Waals surface area contributed by atoms with Gasteiger partial charge in [0.2, 0.25) is 5.91 Å². The smallest absolute Gasteiger partial charge is 0.236 e. The standard InChI is InChI=1S/C10H18N2O3S.ClH/c13-10(8-11-7-9-1-2-9)12-3-5-16(14,15)6-4-12;/h9,11H,1-8H2;1H. The summed E-state index contributed by atoms with van der Waals surface area (Å²) >= 11 is 0. The maximum atomic E-state index is 11.7. The summed E-state index contributed by atoms with van der Waals surface area (Å²) in [6, 6.07) is 0. The van der Waals surface area contributed by atoms with Gasteiger partial charge in [0.05, 0.1) is 18.1 Å². The van der Waals surface area contributed by atoms with E-state index >= 15 is 0 Å². The lowest BCUT2D eigenvalue weighted by molar-refractivity contribution is -0.129. The molecule has 0 aromatic heterocycles. The van der Waals surface area contributed by atoms with Gasteiger partial charge < -0.3 is 10.2 Å². The molecule has 100 valence electrons. The quantitative estimate of drug-likeness (QED) is 0.766. The van der Waals surface area contributed by atoms with Crippen LogP contribution >= 0.6 is 12.4 Å². The molecule has 7 heteroatoms. The van der Waals surface area contributed by atoms with Crippen molar-refractivity contribution in [1.29, 1.82) is 0 Å². The summed E-state index contributed by atoms with van der Waals surface area (Å²) in [5.41, 5.74) is 0. The van der Waals surface area contributed by atoms with Crippen LogP contribution in [-0.2, 0) is 14.6 Å². The topological polar surface area (TPSA) is 66.5 Å². The number of carbonyl (C=O) groups excluding carboxylic acids is 1. The largest absolute Gasteiger partial charge is 0.340 e. The Kier molecular flexibility index (Phi) is 5.22. The summed E-state index contributed by atoms with van der Waals surface area (Å²) < 4.78 is 22.4. The highest BCUT2D eigenvalue weighted by atomic mass is 35.5. The molecular formula is C10H19ClN2O3S. The lowest BCUT2D eigenvalue weighted by Gasteiger charge is -2.26. The van der Waals surface area contributed by atoms with Crippen molar-refractivity contribution in [3.63, 3.8) is 0 Å². The molecule has 1 saturated heterocycles. The van der Waals surface area contributed by atoms with Crippen molar-refractivity contribution in [2.75, 3.05) is 37.7 Å². The average Bonchev–Trinajstić information content (AvgIpc) is 3.01. The van der Waals surface area contributed by atoms with E-state index in [-0.39, 0.29) is 29.8 Å². The molecule has 0 spiro atoms. The van der Waals surface area contributed by atoms with Crippen LogP contribution in [-0.4, -0.2) is 56.9 Å². The minimum Gasteiger partial charge on any atom is -0.340 e. The zero-order valence-electron chi connectivity index (χ0n) is 9.72. The van der Waals surface area contributed by atoms with Gasteiger partial charge in [0, 0.05) is 13.1 Å². The van der Waals surface area contributed by atoms with E-state index in [1.54, 1.807) is 4.90 Å². The Balaban J connectivity index is 0.00000144. The molecule has 2 rings (SSSR count). The van der Waals surface area contributed by atoms with E-state index in [0.29, 0.717) is 19.6 Å². The van der Waals surface area contributed by atoms with Crippen molar-refractivity contribution in [2.45, 2.75) is 12.8 Å². The third-order valence-corrected chi connectivity index (χ3v) is 4.71. The summed E-state index contributed by atoms with van der Waals surface area (Å²) in [5.74, 6) is 1.01. The van der Waals surface area contributed by atoms with Crippen molar-refractivity contribution >= 4 is 28.2 Å². The molecule has 1 aliphatic carbocycles. The highest BCUT2D eigenvalue weighted by Crippen LogP contribution is 2.27. The molecule has 0 aromatic rings. The van der Waals surface area contributed by atoms with Gasteiger partial charge in [0.1, 0.15) is 0 Å². The number of sulfone groups is 1. The molecule has 2 aliphatic rings. The number of nitrogens with one attached hydrogen (secondary N) is 1. The van der Waals surface area contributed by atoms with Crippen LogP contribution in [0.2, 0.25) is 0 Å². The predicted octanol–water partition coefficient (Wildman–Crippen LogP) is -0.335. The third kappa shape index (κ3) is 4.81. The molecule has 0 atom stereocenters. The SMILES string of the molecule is Cl.O=C(CNCC1CC1)N1CCS(=O)(=O)CC1. The summed E-state index contributed by atoms with van der Waals surface area (Å²) in [6.07, 6.45) is 2.53. The Morgan fingerprint density at radius 2 is 1.82 bits per heavy atom. The van der Waals surface area contributed by atoms with Crippen LogP contribution in [0.5, 0.6) is 0 Å². The van der Waals surface area contributed by atoms with Crippen LogP contribution < -0.4 is 5.32 Å². The van der Waals surface area contributed by atoms with E-state index in [2.05, 4.69) is 5.32 Å². The summed E-state index contributed by atoms with van der Waals surface area (Å²) in [5, 5.41) is 3.12. The first kappa shape index (κ1) is 14.7. The van der Waals surface area contributed by atoms with Gasteiger partial charge in [-0.05, 0) is 25.3 Å². The number of amides is 1. The first-order valence-corrected chi connectivity index (χ1v) is 7.58. The molecule has 1 N–H and O–H groups in total. The molecule has 0 unspecified atom stereocenters. The second-order valence-electron chi connectivity index (χ2n) is 4.61. The molecule has 17 heavy (non-hydrogen) atoms. The fourth-order valence-corrected chi connectivity index (χ4v) is 2.98. The number of rotatable bonds is 4. The number of hydrogen-bond donors (Lipinski definition) is 1. The van der Waals surface area contributed by atoms with E-state index in [1.165, 1.54) is 12.8 Å².